The van der Waals surface area contributed by atoms with Crippen molar-refractivity contribution in [3.8, 4) is 0 Å². The lowest BCUT2D eigenvalue weighted by molar-refractivity contribution is -0.125. The predicted molar refractivity (Wildman–Crippen MR) is 141 cm³/mol. The Bertz CT molecular complexity index is 1090. The molecule has 5 rings (SSSR count). The molecule has 0 spiro atoms. The third-order valence-corrected chi connectivity index (χ3v) is 7.85. The summed E-state index contributed by atoms with van der Waals surface area (Å²) in [7, 11) is 0. The van der Waals surface area contributed by atoms with Crippen LogP contribution in [0.3, 0.4) is 0 Å². The van der Waals surface area contributed by atoms with E-state index in [0.29, 0.717) is 36.3 Å². The summed E-state index contributed by atoms with van der Waals surface area (Å²) in [5.74, 6) is 0.910. The van der Waals surface area contributed by atoms with Gasteiger partial charge in [-0.25, -0.2) is 0 Å². The van der Waals surface area contributed by atoms with Gasteiger partial charge >= 0.3 is 0 Å². The zero-order valence-electron chi connectivity index (χ0n) is 21.4. The van der Waals surface area contributed by atoms with Crippen LogP contribution in [0.25, 0.3) is 0 Å². The second kappa shape index (κ2) is 11.4. The van der Waals surface area contributed by atoms with E-state index in [1.165, 1.54) is 6.92 Å². The maximum atomic E-state index is 13.1. The Morgan fingerprint density at radius 1 is 0.973 bits per heavy atom. The number of likely N-dealkylation sites (tertiary alicyclic amines) is 2. The normalized spacial score (nSPS) is 24.0. The molecule has 3 amide bonds. The summed E-state index contributed by atoms with van der Waals surface area (Å²) in [6.45, 7) is 7.04. The number of nitrogens with zero attached hydrogens (tertiary/aromatic N) is 2. The third kappa shape index (κ3) is 6.19. The van der Waals surface area contributed by atoms with Crippen LogP contribution in [0.2, 0.25) is 0 Å². The largest absolute Gasteiger partial charge is 0.381 e. The van der Waals surface area contributed by atoms with E-state index < -0.39 is 0 Å². The Kier molecular flexibility index (Phi) is 7.86. The van der Waals surface area contributed by atoms with Gasteiger partial charge in [0.2, 0.25) is 11.8 Å². The fraction of sp³-hybridized carbons (Fsp3) is 0.483. The molecule has 3 aliphatic rings. The highest BCUT2D eigenvalue weighted by Gasteiger charge is 2.41. The van der Waals surface area contributed by atoms with Gasteiger partial charge in [0.05, 0.1) is 18.6 Å². The maximum absolute atomic E-state index is 13.1. The summed E-state index contributed by atoms with van der Waals surface area (Å²) in [5, 5.41) is 6.02. The number of carbonyl (C=O) groups excluding carboxylic acids is 3. The Labute approximate surface area is 218 Å². The molecule has 3 aliphatic heterocycles. The summed E-state index contributed by atoms with van der Waals surface area (Å²) in [5.41, 5.74) is 2.48. The van der Waals surface area contributed by atoms with Gasteiger partial charge in [0.1, 0.15) is 0 Å². The molecular formula is C29H36N4O4. The lowest BCUT2D eigenvalue weighted by Crippen LogP contribution is -2.37. The number of nitrogens with one attached hydrogen (secondary N) is 2. The average molecular weight is 505 g/mol. The van der Waals surface area contributed by atoms with E-state index in [4.69, 9.17) is 4.74 Å². The molecule has 0 saturated carbocycles. The van der Waals surface area contributed by atoms with Gasteiger partial charge in [-0.1, -0.05) is 30.3 Å². The molecule has 3 fully saturated rings. The molecule has 8 heteroatoms. The van der Waals surface area contributed by atoms with Crippen LogP contribution in [0.4, 0.5) is 5.69 Å². The standard InChI is InChI=1S/C29H36N4O4/c1-20(34)30-26-9-7-22(8-10-26)29(36)33-17-24-15-32(16-25(24)18-33)13-11-27(21-5-3-2-4-6-21)31-28(35)23-12-14-37-19-23/h2-10,23-25,27H,11-19H2,1H3,(H,30,34)(H,31,35)/t23?,24?,25?,27-/m0/s1. The van der Waals surface area contributed by atoms with E-state index in [1.54, 1.807) is 24.3 Å². The van der Waals surface area contributed by atoms with Gasteiger partial charge in [0.15, 0.2) is 0 Å². The zero-order chi connectivity index (χ0) is 25.8. The smallest absolute Gasteiger partial charge is 0.253 e. The molecule has 196 valence electrons. The van der Waals surface area contributed by atoms with Crippen molar-refractivity contribution in [1.82, 2.24) is 15.1 Å². The number of carbonyl (C=O) groups is 3. The number of rotatable bonds is 8. The van der Waals surface area contributed by atoms with Gasteiger partial charge in [-0.15, -0.1) is 0 Å². The predicted octanol–water partition coefficient (Wildman–Crippen LogP) is 2.93. The minimum atomic E-state index is -0.128. The zero-order valence-corrected chi connectivity index (χ0v) is 21.4. The Balaban J connectivity index is 1.13. The van der Waals surface area contributed by atoms with Crippen LogP contribution >= 0.6 is 0 Å². The highest BCUT2D eigenvalue weighted by Crippen LogP contribution is 2.33. The first-order valence-electron chi connectivity index (χ1n) is 13.3. The van der Waals surface area contributed by atoms with Gasteiger partial charge < -0.3 is 25.2 Å². The van der Waals surface area contributed by atoms with Crippen LogP contribution in [-0.2, 0) is 14.3 Å². The first kappa shape index (κ1) is 25.4. The van der Waals surface area contributed by atoms with Crippen molar-refractivity contribution < 1.29 is 19.1 Å². The quantitative estimate of drug-likeness (QED) is 0.577. The van der Waals surface area contributed by atoms with E-state index in [0.717, 1.165) is 51.1 Å². The third-order valence-electron chi connectivity index (χ3n) is 7.85. The van der Waals surface area contributed by atoms with Crippen LogP contribution in [0.5, 0.6) is 0 Å². The highest BCUT2D eigenvalue weighted by atomic mass is 16.5. The molecule has 0 aromatic heterocycles. The molecule has 0 bridgehead atoms. The molecule has 0 radical (unpaired) electrons. The number of anilines is 1. The minimum absolute atomic E-state index is 0.0201. The molecule has 3 heterocycles. The summed E-state index contributed by atoms with van der Waals surface area (Å²) in [4.78, 5) is 41.5. The topological polar surface area (TPSA) is 91.0 Å². The fourth-order valence-corrected chi connectivity index (χ4v) is 5.87. The lowest BCUT2D eigenvalue weighted by Gasteiger charge is -2.25. The molecular weight excluding hydrogens is 468 g/mol. The SMILES string of the molecule is CC(=O)Nc1ccc(C(=O)N2CC3CN(CC[C@H](NC(=O)C4CCOC4)c4ccccc4)CC3C2)cc1. The summed E-state index contributed by atoms with van der Waals surface area (Å²) in [6, 6.07) is 17.3. The Morgan fingerprint density at radius 2 is 1.68 bits per heavy atom. The van der Waals surface area contributed by atoms with Crippen LogP contribution in [0.1, 0.15) is 41.7 Å². The second-order valence-corrected chi connectivity index (χ2v) is 10.6. The van der Waals surface area contributed by atoms with Gasteiger partial charge in [-0.3, -0.25) is 14.4 Å². The number of ether oxygens (including phenoxy) is 1. The van der Waals surface area contributed by atoms with Crippen molar-refractivity contribution in [2.75, 3.05) is 51.3 Å². The van der Waals surface area contributed by atoms with Crippen LogP contribution in [0.15, 0.2) is 54.6 Å². The van der Waals surface area contributed by atoms with Gasteiger partial charge in [-0.2, -0.15) is 0 Å². The minimum Gasteiger partial charge on any atom is -0.381 e. The molecule has 4 atom stereocenters. The summed E-state index contributed by atoms with van der Waals surface area (Å²) >= 11 is 0. The molecule has 3 saturated heterocycles. The Morgan fingerprint density at radius 3 is 2.30 bits per heavy atom. The van der Waals surface area contributed by atoms with Gasteiger partial charge in [0.25, 0.3) is 5.91 Å². The van der Waals surface area contributed by atoms with E-state index in [2.05, 4.69) is 27.7 Å². The van der Waals surface area contributed by atoms with Crippen LogP contribution < -0.4 is 10.6 Å². The van der Waals surface area contributed by atoms with E-state index >= 15 is 0 Å². The van der Waals surface area contributed by atoms with Crippen molar-refractivity contribution in [3.05, 3.63) is 65.7 Å². The van der Waals surface area contributed by atoms with E-state index in [9.17, 15) is 14.4 Å². The van der Waals surface area contributed by atoms with Gasteiger partial charge in [0, 0.05) is 57.5 Å². The van der Waals surface area contributed by atoms with E-state index in [-0.39, 0.29) is 29.7 Å². The molecule has 2 N–H and O–H groups in total. The van der Waals surface area contributed by atoms with Crippen molar-refractivity contribution in [2.24, 2.45) is 17.8 Å². The second-order valence-electron chi connectivity index (χ2n) is 10.6. The van der Waals surface area contributed by atoms with Crippen molar-refractivity contribution >= 4 is 23.4 Å². The van der Waals surface area contributed by atoms with Crippen LogP contribution in [0, 0.1) is 17.8 Å². The fourth-order valence-electron chi connectivity index (χ4n) is 5.87. The summed E-state index contributed by atoms with van der Waals surface area (Å²) in [6.07, 6.45) is 1.64. The molecule has 37 heavy (non-hydrogen) atoms. The first-order chi connectivity index (χ1) is 18.0. The molecule has 2 aromatic carbocycles. The number of fused-ring (bicyclic) bond motifs is 1. The van der Waals surface area contributed by atoms with Crippen molar-refractivity contribution in [2.45, 2.75) is 25.8 Å². The summed E-state index contributed by atoms with van der Waals surface area (Å²) < 4.78 is 5.41. The average Bonchev–Trinajstić information content (AvgIpc) is 3.64. The van der Waals surface area contributed by atoms with E-state index in [1.807, 2.05) is 23.1 Å². The molecule has 2 aromatic rings. The monoisotopic (exact) mass is 504 g/mol. The maximum Gasteiger partial charge on any atom is 0.253 e. The van der Waals surface area contributed by atoms with Gasteiger partial charge in [-0.05, 0) is 54.5 Å². The first-order valence-corrected chi connectivity index (χ1v) is 13.3. The lowest BCUT2D eigenvalue weighted by atomic mass is 10.0. The number of hydrogen-bond acceptors (Lipinski definition) is 5. The highest BCUT2D eigenvalue weighted by molar-refractivity contribution is 5.95. The van der Waals surface area contributed by atoms with Crippen molar-refractivity contribution in [3.63, 3.8) is 0 Å². The molecule has 3 unspecified atom stereocenters. The van der Waals surface area contributed by atoms with Crippen molar-refractivity contribution in [1.29, 1.82) is 0 Å². The van der Waals surface area contributed by atoms with Crippen LogP contribution in [-0.4, -0.2) is 73.5 Å². The number of amides is 3. The number of hydrogen-bond donors (Lipinski definition) is 2. The molecule has 8 nitrogen and oxygen atoms in total. The molecule has 0 aliphatic carbocycles. The Hall–Kier alpha value is -3.23. The number of benzene rings is 2.